The first-order valence-electron chi connectivity index (χ1n) is 9.77. The summed E-state index contributed by atoms with van der Waals surface area (Å²) < 4.78 is 1.76. The highest BCUT2D eigenvalue weighted by atomic mass is 35.5. The molecule has 3 N–H and O–H groups in total. The van der Waals surface area contributed by atoms with Gasteiger partial charge in [0.15, 0.2) is 0 Å². The number of carbonyl (C=O) groups is 1. The molecule has 0 aliphatic heterocycles. The topological polar surface area (TPSA) is 95.6 Å². The quantitative estimate of drug-likeness (QED) is 0.407. The number of rotatable bonds is 4. The maximum absolute atomic E-state index is 12.6. The minimum Gasteiger partial charge on any atom is -0.321 e. The molecule has 1 amide bonds. The van der Waals surface area contributed by atoms with E-state index in [1.807, 2.05) is 24.3 Å². The maximum Gasteiger partial charge on any atom is 0.323 e. The number of hydrogen-bond donors (Lipinski definition) is 3. The number of nitrogens with zero attached hydrogens (tertiary/aromatic N) is 2. The predicted molar refractivity (Wildman–Crippen MR) is 124 cm³/mol. The largest absolute Gasteiger partial charge is 0.323 e. The summed E-state index contributed by atoms with van der Waals surface area (Å²) in [5, 5.41) is 8.14. The fourth-order valence-corrected chi connectivity index (χ4v) is 3.38. The zero-order chi connectivity index (χ0) is 22.2. The van der Waals surface area contributed by atoms with Crippen molar-refractivity contribution in [1.82, 2.24) is 19.7 Å². The number of amides is 1. The van der Waals surface area contributed by atoms with Gasteiger partial charge in [0.1, 0.15) is 0 Å². The molecular formula is C23H22ClN5O2. The van der Waals surface area contributed by atoms with E-state index in [0.717, 1.165) is 17.1 Å². The van der Waals surface area contributed by atoms with Gasteiger partial charge < -0.3 is 15.3 Å². The number of benzene rings is 2. The predicted octanol–water partition coefficient (Wildman–Crippen LogP) is 4.64. The van der Waals surface area contributed by atoms with E-state index < -0.39 is 0 Å². The molecule has 0 bridgehead atoms. The standard InChI is InChI=1S/C23H22ClN5O2/c1-23(2,3)19-13-16(29(28-19)15-7-4-6-14(24)12-15)10-11-20(30)25-17-8-5-9-18-21(17)27-22(31)26-18/h4-13H,1-3H3,(H,25,30)(H2,26,27,31)/b11-10+. The van der Waals surface area contributed by atoms with Crippen LogP contribution >= 0.6 is 11.6 Å². The Bertz CT molecular complexity index is 1350. The number of aromatic amines is 2. The van der Waals surface area contributed by atoms with Gasteiger partial charge in [-0.15, -0.1) is 0 Å². The summed E-state index contributed by atoms with van der Waals surface area (Å²) in [6.07, 6.45) is 3.15. The lowest BCUT2D eigenvalue weighted by Crippen LogP contribution is -2.12. The van der Waals surface area contributed by atoms with E-state index >= 15 is 0 Å². The second-order valence-corrected chi connectivity index (χ2v) is 8.66. The lowest BCUT2D eigenvalue weighted by atomic mass is 9.92. The molecule has 2 aromatic carbocycles. The van der Waals surface area contributed by atoms with Gasteiger partial charge in [0, 0.05) is 16.5 Å². The van der Waals surface area contributed by atoms with Gasteiger partial charge in [-0.2, -0.15) is 5.10 Å². The molecule has 0 saturated heterocycles. The van der Waals surface area contributed by atoms with Crippen molar-refractivity contribution in [2.75, 3.05) is 5.32 Å². The van der Waals surface area contributed by atoms with Crippen molar-refractivity contribution < 1.29 is 4.79 Å². The fourth-order valence-electron chi connectivity index (χ4n) is 3.19. The van der Waals surface area contributed by atoms with E-state index in [-0.39, 0.29) is 17.0 Å². The number of imidazole rings is 1. The summed E-state index contributed by atoms with van der Waals surface area (Å²) >= 11 is 6.16. The van der Waals surface area contributed by atoms with E-state index in [1.54, 1.807) is 35.0 Å². The molecule has 31 heavy (non-hydrogen) atoms. The number of halogens is 1. The second kappa shape index (κ2) is 7.92. The molecule has 4 rings (SSSR count). The highest BCUT2D eigenvalue weighted by Gasteiger charge is 2.20. The number of anilines is 1. The molecule has 4 aromatic rings. The van der Waals surface area contributed by atoms with Gasteiger partial charge >= 0.3 is 5.69 Å². The van der Waals surface area contributed by atoms with E-state index in [9.17, 15) is 9.59 Å². The van der Waals surface area contributed by atoms with Crippen LogP contribution in [0.15, 0.2) is 59.4 Å². The Hall–Kier alpha value is -3.58. The Morgan fingerprint density at radius 2 is 1.90 bits per heavy atom. The summed E-state index contributed by atoms with van der Waals surface area (Å²) in [6.45, 7) is 6.24. The maximum atomic E-state index is 12.6. The molecule has 0 fully saturated rings. The summed E-state index contributed by atoms with van der Waals surface area (Å²) in [6, 6.07) is 14.6. The number of hydrogen-bond acceptors (Lipinski definition) is 3. The van der Waals surface area contributed by atoms with E-state index in [1.165, 1.54) is 6.08 Å². The molecule has 2 aromatic heterocycles. The summed E-state index contributed by atoms with van der Waals surface area (Å²) in [5.41, 5.74) is 3.64. The number of para-hydroxylation sites is 1. The normalized spacial score (nSPS) is 12.0. The van der Waals surface area contributed by atoms with Crippen LogP contribution in [0.3, 0.4) is 0 Å². The summed E-state index contributed by atoms with van der Waals surface area (Å²) in [7, 11) is 0. The van der Waals surface area contributed by atoms with Crippen molar-refractivity contribution in [3.05, 3.63) is 81.5 Å². The molecule has 0 radical (unpaired) electrons. The Labute approximate surface area is 183 Å². The van der Waals surface area contributed by atoms with Crippen molar-refractivity contribution in [3.63, 3.8) is 0 Å². The number of fused-ring (bicyclic) bond motifs is 1. The molecule has 0 spiro atoms. The monoisotopic (exact) mass is 435 g/mol. The molecule has 2 heterocycles. The Kier molecular flexibility index (Phi) is 5.29. The third-order valence-electron chi connectivity index (χ3n) is 4.77. The minimum absolute atomic E-state index is 0.162. The molecule has 0 atom stereocenters. The molecule has 158 valence electrons. The summed E-state index contributed by atoms with van der Waals surface area (Å²) in [4.78, 5) is 29.5. The van der Waals surface area contributed by atoms with Crippen molar-refractivity contribution in [2.45, 2.75) is 26.2 Å². The molecule has 0 aliphatic carbocycles. The molecule has 7 nitrogen and oxygen atoms in total. The van der Waals surface area contributed by atoms with E-state index in [2.05, 4.69) is 36.1 Å². The first-order chi connectivity index (χ1) is 14.7. The van der Waals surface area contributed by atoms with Crippen molar-refractivity contribution in [3.8, 4) is 5.69 Å². The average molecular weight is 436 g/mol. The third kappa shape index (κ3) is 4.46. The van der Waals surface area contributed by atoms with Crippen LogP contribution in [0.2, 0.25) is 5.02 Å². The van der Waals surface area contributed by atoms with Gasteiger partial charge in [-0.3, -0.25) is 4.79 Å². The molecular weight excluding hydrogens is 414 g/mol. The van der Waals surface area contributed by atoms with Gasteiger partial charge in [0.05, 0.1) is 33.8 Å². The Balaban J connectivity index is 1.65. The van der Waals surface area contributed by atoms with Crippen LogP contribution in [0.5, 0.6) is 0 Å². The molecule has 0 unspecified atom stereocenters. The van der Waals surface area contributed by atoms with Crippen LogP contribution in [0.1, 0.15) is 32.2 Å². The van der Waals surface area contributed by atoms with Crippen LogP contribution in [-0.4, -0.2) is 25.7 Å². The second-order valence-electron chi connectivity index (χ2n) is 8.23. The lowest BCUT2D eigenvalue weighted by molar-refractivity contribution is -0.111. The van der Waals surface area contributed by atoms with Gasteiger partial charge in [-0.1, -0.05) is 44.5 Å². The van der Waals surface area contributed by atoms with Crippen molar-refractivity contribution in [2.24, 2.45) is 0 Å². The van der Waals surface area contributed by atoms with E-state index in [4.69, 9.17) is 16.7 Å². The lowest BCUT2D eigenvalue weighted by Gasteiger charge is -2.14. The molecule has 8 heteroatoms. The van der Waals surface area contributed by atoms with Crippen LogP contribution < -0.4 is 11.0 Å². The number of aromatic nitrogens is 4. The van der Waals surface area contributed by atoms with Crippen LogP contribution in [0.25, 0.3) is 22.8 Å². The van der Waals surface area contributed by atoms with Crippen LogP contribution in [-0.2, 0) is 10.2 Å². The first-order valence-corrected chi connectivity index (χ1v) is 10.1. The first kappa shape index (κ1) is 20.7. The zero-order valence-corrected chi connectivity index (χ0v) is 18.1. The fraction of sp³-hybridized carbons (Fsp3) is 0.174. The van der Waals surface area contributed by atoms with Gasteiger partial charge in [-0.25, -0.2) is 9.48 Å². The summed E-state index contributed by atoms with van der Waals surface area (Å²) in [5.74, 6) is -0.328. The van der Waals surface area contributed by atoms with E-state index in [0.29, 0.717) is 21.7 Å². The third-order valence-corrected chi connectivity index (χ3v) is 5.01. The minimum atomic E-state index is -0.328. The van der Waals surface area contributed by atoms with Crippen molar-refractivity contribution in [1.29, 1.82) is 0 Å². The highest BCUT2D eigenvalue weighted by molar-refractivity contribution is 6.30. The number of carbonyl (C=O) groups excluding carboxylic acids is 1. The molecule has 0 saturated carbocycles. The van der Waals surface area contributed by atoms with Crippen LogP contribution in [0.4, 0.5) is 5.69 Å². The molecule has 0 aliphatic rings. The average Bonchev–Trinajstić information content (AvgIpc) is 3.30. The Morgan fingerprint density at radius 3 is 2.65 bits per heavy atom. The van der Waals surface area contributed by atoms with Gasteiger partial charge in [0.25, 0.3) is 0 Å². The van der Waals surface area contributed by atoms with Gasteiger partial charge in [0.2, 0.25) is 5.91 Å². The smallest absolute Gasteiger partial charge is 0.321 e. The van der Waals surface area contributed by atoms with Crippen LogP contribution in [0, 0.1) is 0 Å². The zero-order valence-electron chi connectivity index (χ0n) is 17.4. The highest BCUT2D eigenvalue weighted by Crippen LogP contribution is 2.25. The Morgan fingerprint density at radius 1 is 1.13 bits per heavy atom. The number of nitrogens with one attached hydrogen (secondary N) is 3. The SMILES string of the molecule is CC(C)(C)c1cc(/C=C/C(=O)Nc2cccc3[nH]c(=O)[nH]c23)n(-c2cccc(Cl)c2)n1. The van der Waals surface area contributed by atoms with Gasteiger partial charge in [-0.05, 0) is 42.5 Å². The number of H-pyrrole nitrogens is 2. The van der Waals surface area contributed by atoms with Crippen molar-refractivity contribution >= 4 is 40.3 Å².